The number of aromatic nitrogens is 2. The lowest BCUT2D eigenvalue weighted by Crippen LogP contribution is -2.44. The molecule has 1 aliphatic heterocycles. The van der Waals surface area contributed by atoms with Gasteiger partial charge in [0.25, 0.3) is 0 Å². The van der Waals surface area contributed by atoms with Gasteiger partial charge in [0, 0.05) is 43.1 Å². The molecule has 3 heterocycles. The SMILES string of the molecule is COc1cc2c(=O)c3c4ccc(C#N)cc4[nH]c3n(C(C)C)c2c(F)c1N1CCNCC1. The van der Waals surface area contributed by atoms with Crippen molar-refractivity contribution in [3.05, 3.63) is 45.9 Å². The summed E-state index contributed by atoms with van der Waals surface area (Å²) in [6.07, 6.45) is 0. The quantitative estimate of drug-likeness (QED) is 0.515. The van der Waals surface area contributed by atoms with Crippen molar-refractivity contribution in [1.29, 1.82) is 5.26 Å². The van der Waals surface area contributed by atoms with E-state index in [0.29, 0.717) is 52.0 Å². The summed E-state index contributed by atoms with van der Waals surface area (Å²) in [7, 11) is 1.50. The molecule has 164 valence electrons. The van der Waals surface area contributed by atoms with Gasteiger partial charge in [-0.05, 0) is 32.0 Å². The highest BCUT2D eigenvalue weighted by atomic mass is 19.1. The Kier molecular flexibility index (Phi) is 4.79. The molecule has 0 amide bonds. The maximum Gasteiger partial charge on any atom is 0.199 e. The first-order valence-electron chi connectivity index (χ1n) is 10.7. The smallest absolute Gasteiger partial charge is 0.199 e. The summed E-state index contributed by atoms with van der Waals surface area (Å²) in [4.78, 5) is 18.9. The van der Waals surface area contributed by atoms with Crippen LogP contribution in [-0.2, 0) is 0 Å². The molecule has 2 aromatic heterocycles. The number of hydrogen-bond acceptors (Lipinski definition) is 5. The van der Waals surface area contributed by atoms with Gasteiger partial charge in [-0.2, -0.15) is 5.26 Å². The lowest BCUT2D eigenvalue weighted by atomic mass is 10.1. The normalized spacial score (nSPS) is 14.6. The second kappa shape index (κ2) is 7.53. The minimum absolute atomic E-state index is 0.122. The maximum atomic E-state index is 16.2. The summed E-state index contributed by atoms with van der Waals surface area (Å²) >= 11 is 0. The molecule has 2 N–H and O–H groups in total. The molecule has 0 bridgehead atoms. The fourth-order valence-electron chi connectivity index (χ4n) is 4.78. The number of halogens is 1. The number of hydrogen-bond donors (Lipinski definition) is 2. The van der Waals surface area contributed by atoms with Gasteiger partial charge < -0.3 is 24.5 Å². The molecule has 7 nitrogen and oxygen atoms in total. The van der Waals surface area contributed by atoms with Crippen molar-refractivity contribution >= 4 is 38.5 Å². The molecule has 1 aliphatic rings. The van der Waals surface area contributed by atoms with Crippen LogP contribution in [0, 0.1) is 17.1 Å². The van der Waals surface area contributed by atoms with Crippen molar-refractivity contribution in [2.75, 3.05) is 38.2 Å². The number of rotatable bonds is 3. The van der Waals surface area contributed by atoms with E-state index in [1.54, 1.807) is 24.3 Å². The van der Waals surface area contributed by atoms with E-state index in [1.807, 2.05) is 23.3 Å². The number of aromatic amines is 1. The Morgan fingerprint density at radius 3 is 2.59 bits per heavy atom. The molecule has 1 fully saturated rings. The van der Waals surface area contributed by atoms with Crippen LogP contribution < -0.4 is 20.4 Å². The first kappa shape index (κ1) is 20.3. The van der Waals surface area contributed by atoms with E-state index < -0.39 is 5.82 Å². The van der Waals surface area contributed by atoms with Crippen LogP contribution in [0.15, 0.2) is 29.1 Å². The zero-order chi connectivity index (χ0) is 22.6. The number of pyridine rings is 1. The van der Waals surface area contributed by atoms with Crippen LogP contribution in [0.3, 0.4) is 0 Å². The summed E-state index contributed by atoms with van der Waals surface area (Å²) < 4.78 is 23.7. The summed E-state index contributed by atoms with van der Waals surface area (Å²) in [5, 5.41) is 14.0. The third kappa shape index (κ3) is 2.85. The zero-order valence-corrected chi connectivity index (χ0v) is 18.3. The van der Waals surface area contributed by atoms with E-state index in [0.717, 1.165) is 13.1 Å². The summed E-state index contributed by atoms with van der Waals surface area (Å²) in [5.41, 5.74) is 2.11. The Labute approximate surface area is 184 Å². The Bertz CT molecular complexity index is 1470. The Morgan fingerprint density at radius 2 is 1.94 bits per heavy atom. The number of piperazine rings is 1. The molecule has 32 heavy (non-hydrogen) atoms. The van der Waals surface area contributed by atoms with E-state index in [9.17, 15) is 10.1 Å². The van der Waals surface area contributed by atoms with Crippen LogP contribution in [0.4, 0.5) is 10.1 Å². The fraction of sp³-hybridized carbons (Fsp3) is 0.333. The standard InChI is InChI=1S/C24H24FN5O2/c1-13(2)30-21-16(11-18(32-3)22(20(21)25)29-8-6-27-7-9-29)23(31)19-15-5-4-14(12-26)10-17(15)28-24(19)30/h4-5,10-11,13,27-28H,6-9H2,1-3H3. The molecule has 4 aromatic rings. The second-order valence-corrected chi connectivity index (χ2v) is 8.39. The fourth-order valence-corrected chi connectivity index (χ4v) is 4.78. The number of nitriles is 1. The van der Waals surface area contributed by atoms with Crippen LogP contribution >= 0.6 is 0 Å². The second-order valence-electron chi connectivity index (χ2n) is 8.39. The molecule has 0 saturated carbocycles. The van der Waals surface area contributed by atoms with Crippen molar-refractivity contribution in [2.45, 2.75) is 19.9 Å². The average molecular weight is 433 g/mol. The van der Waals surface area contributed by atoms with Gasteiger partial charge in [-0.25, -0.2) is 4.39 Å². The predicted octanol–water partition coefficient (Wildman–Crippen LogP) is 3.65. The highest BCUT2D eigenvalue weighted by molar-refractivity contribution is 6.10. The minimum Gasteiger partial charge on any atom is -0.494 e. The summed E-state index contributed by atoms with van der Waals surface area (Å²) in [6, 6.07) is 8.84. The first-order chi connectivity index (χ1) is 15.5. The molecular formula is C24H24FN5O2. The molecule has 2 aromatic carbocycles. The van der Waals surface area contributed by atoms with Crippen LogP contribution in [0.25, 0.3) is 32.8 Å². The number of anilines is 1. The summed E-state index contributed by atoms with van der Waals surface area (Å²) in [6.45, 7) is 6.72. The molecule has 0 unspecified atom stereocenters. The average Bonchev–Trinajstić information content (AvgIpc) is 3.18. The van der Waals surface area contributed by atoms with Gasteiger partial charge in [-0.1, -0.05) is 6.07 Å². The van der Waals surface area contributed by atoms with Crippen LogP contribution in [0.1, 0.15) is 25.5 Å². The monoisotopic (exact) mass is 433 g/mol. The van der Waals surface area contributed by atoms with E-state index in [4.69, 9.17) is 4.74 Å². The largest absolute Gasteiger partial charge is 0.494 e. The van der Waals surface area contributed by atoms with Gasteiger partial charge in [0.05, 0.1) is 35.0 Å². The van der Waals surface area contributed by atoms with E-state index in [-0.39, 0.29) is 22.4 Å². The molecule has 5 rings (SSSR count). The number of H-pyrrole nitrogens is 1. The van der Waals surface area contributed by atoms with Crippen molar-refractivity contribution in [3.63, 3.8) is 0 Å². The molecule has 8 heteroatoms. The topological polar surface area (TPSA) is 86.1 Å². The van der Waals surface area contributed by atoms with Gasteiger partial charge in [-0.3, -0.25) is 4.79 Å². The molecule has 0 atom stereocenters. The van der Waals surface area contributed by atoms with E-state index >= 15 is 4.39 Å². The zero-order valence-electron chi connectivity index (χ0n) is 18.3. The van der Waals surface area contributed by atoms with Gasteiger partial charge in [0.2, 0.25) is 0 Å². The molecule has 0 spiro atoms. The molecule has 0 radical (unpaired) electrons. The lowest BCUT2D eigenvalue weighted by molar-refractivity contribution is 0.410. The van der Waals surface area contributed by atoms with Crippen molar-refractivity contribution < 1.29 is 9.13 Å². The summed E-state index contributed by atoms with van der Waals surface area (Å²) in [5.74, 6) is -0.0967. The van der Waals surface area contributed by atoms with Crippen molar-refractivity contribution in [2.24, 2.45) is 0 Å². The van der Waals surface area contributed by atoms with Gasteiger partial charge in [0.1, 0.15) is 17.1 Å². The number of nitrogens with one attached hydrogen (secondary N) is 2. The van der Waals surface area contributed by atoms with Crippen LogP contribution in [-0.4, -0.2) is 42.8 Å². The number of nitrogens with zero attached hydrogens (tertiary/aromatic N) is 3. The van der Waals surface area contributed by atoms with Crippen LogP contribution in [0.2, 0.25) is 0 Å². The Hall–Kier alpha value is -3.57. The Morgan fingerprint density at radius 1 is 1.19 bits per heavy atom. The molecule has 0 aliphatic carbocycles. The third-order valence-electron chi connectivity index (χ3n) is 6.21. The van der Waals surface area contributed by atoms with E-state index in [1.165, 1.54) is 7.11 Å². The first-order valence-corrected chi connectivity index (χ1v) is 10.7. The number of fused-ring (bicyclic) bond motifs is 4. The van der Waals surface area contributed by atoms with Crippen molar-refractivity contribution in [1.82, 2.24) is 14.9 Å². The number of benzene rings is 2. The highest BCUT2D eigenvalue weighted by Gasteiger charge is 2.27. The maximum absolute atomic E-state index is 16.2. The van der Waals surface area contributed by atoms with E-state index in [2.05, 4.69) is 16.4 Å². The molecule has 1 saturated heterocycles. The van der Waals surface area contributed by atoms with Gasteiger partial charge >= 0.3 is 0 Å². The predicted molar refractivity (Wildman–Crippen MR) is 124 cm³/mol. The highest BCUT2D eigenvalue weighted by Crippen LogP contribution is 2.39. The van der Waals surface area contributed by atoms with Gasteiger partial charge in [-0.15, -0.1) is 0 Å². The van der Waals surface area contributed by atoms with Crippen molar-refractivity contribution in [3.8, 4) is 11.8 Å². The number of ether oxygens (including phenoxy) is 1. The molecular weight excluding hydrogens is 409 g/mol. The third-order valence-corrected chi connectivity index (χ3v) is 6.21. The lowest BCUT2D eigenvalue weighted by Gasteiger charge is -2.31. The Balaban J connectivity index is 1.96. The van der Waals surface area contributed by atoms with Crippen LogP contribution in [0.5, 0.6) is 5.75 Å². The number of methoxy groups -OCH3 is 1. The van der Waals surface area contributed by atoms with Gasteiger partial charge in [0.15, 0.2) is 11.2 Å². The minimum atomic E-state index is -0.453.